The average Bonchev–Trinajstić information content (AvgIpc) is 2.48. The lowest BCUT2D eigenvalue weighted by Gasteiger charge is -2.14. The van der Waals surface area contributed by atoms with Crippen LogP contribution in [0.15, 0.2) is 0 Å². The molecule has 0 aromatic carbocycles. The Bertz CT molecular complexity index is 206. The molecule has 1 rings (SSSR count). The van der Waals surface area contributed by atoms with Gasteiger partial charge < -0.3 is 10.6 Å². The van der Waals surface area contributed by atoms with Crippen molar-refractivity contribution in [1.82, 2.24) is 10.6 Å². The Morgan fingerprint density at radius 1 is 1.27 bits per heavy atom. The van der Waals surface area contributed by atoms with Crippen LogP contribution in [0.5, 0.6) is 0 Å². The van der Waals surface area contributed by atoms with Crippen LogP contribution >= 0.6 is 0 Å². The Kier molecular flexibility index (Phi) is 5.09. The van der Waals surface area contributed by atoms with E-state index in [9.17, 15) is 4.79 Å². The molecule has 0 saturated heterocycles. The summed E-state index contributed by atoms with van der Waals surface area (Å²) in [5, 5.41) is 6.36. The fourth-order valence-electron chi connectivity index (χ4n) is 2.58. The minimum absolute atomic E-state index is 0.214. The number of hydrogen-bond donors (Lipinski definition) is 2. The summed E-state index contributed by atoms with van der Waals surface area (Å²) in [7, 11) is 0. The number of hydrogen-bond acceptors (Lipinski definition) is 2. The van der Waals surface area contributed by atoms with Crippen molar-refractivity contribution in [2.45, 2.75) is 46.1 Å². The maximum absolute atomic E-state index is 11.5. The Morgan fingerprint density at radius 2 is 2.00 bits per heavy atom. The van der Waals surface area contributed by atoms with E-state index in [-0.39, 0.29) is 5.91 Å². The molecule has 1 amide bonds. The molecule has 1 saturated carbocycles. The van der Waals surface area contributed by atoms with E-state index >= 15 is 0 Å². The Hall–Kier alpha value is -0.570. The molecule has 15 heavy (non-hydrogen) atoms. The highest BCUT2D eigenvalue weighted by Gasteiger charge is 2.31. The van der Waals surface area contributed by atoms with Crippen molar-refractivity contribution in [2.75, 3.05) is 13.1 Å². The first kappa shape index (κ1) is 12.5. The van der Waals surface area contributed by atoms with Crippen molar-refractivity contribution in [3.8, 4) is 0 Å². The molecule has 1 fully saturated rings. The van der Waals surface area contributed by atoms with Crippen molar-refractivity contribution in [3.05, 3.63) is 0 Å². The van der Waals surface area contributed by atoms with E-state index < -0.39 is 0 Å². The molecule has 0 aliphatic heterocycles. The summed E-state index contributed by atoms with van der Waals surface area (Å²) in [6, 6.07) is 0.629. The van der Waals surface area contributed by atoms with Crippen LogP contribution in [0.25, 0.3) is 0 Å². The first-order valence-electron chi connectivity index (χ1n) is 6.17. The van der Waals surface area contributed by atoms with Crippen LogP contribution in [0.1, 0.15) is 40.0 Å². The Morgan fingerprint density at radius 3 is 2.60 bits per heavy atom. The third-order valence-corrected chi connectivity index (χ3v) is 3.36. The number of rotatable bonds is 5. The van der Waals surface area contributed by atoms with E-state index in [1.54, 1.807) is 0 Å². The zero-order valence-electron chi connectivity index (χ0n) is 10.2. The molecular formula is C12H24N2O. The molecule has 3 atom stereocenters. The quantitative estimate of drug-likeness (QED) is 0.726. The summed E-state index contributed by atoms with van der Waals surface area (Å²) in [5.41, 5.74) is 0. The first-order chi connectivity index (χ1) is 7.17. The molecule has 0 aromatic rings. The van der Waals surface area contributed by atoms with E-state index in [4.69, 9.17) is 0 Å². The number of carbonyl (C=O) groups excluding carboxylic acids is 1. The predicted molar refractivity (Wildman–Crippen MR) is 62.7 cm³/mol. The van der Waals surface area contributed by atoms with Crippen molar-refractivity contribution < 1.29 is 4.79 Å². The van der Waals surface area contributed by atoms with Crippen LogP contribution in [-0.4, -0.2) is 25.0 Å². The van der Waals surface area contributed by atoms with Crippen molar-refractivity contribution in [2.24, 2.45) is 11.8 Å². The van der Waals surface area contributed by atoms with Gasteiger partial charge in [-0.15, -0.1) is 0 Å². The number of nitrogens with one attached hydrogen (secondary N) is 2. The van der Waals surface area contributed by atoms with Crippen molar-refractivity contribution in [1.29, 1.82) is 0 Å². The van der Waals surface area contributed by atoms with E-state index in [0.29, 0.717) is 24.3 Å². The molecule has 1 aliphatic rings. The second-order valence-corrected chi connectivity index (χ2v) is 4.62. The molecule has 0 spiro atoms. The fraction of sp³-hybridized carbons (Fsp3) is 0.917. The zero-order chi connectivity index (χ0) is 11.3. The lowest BCUT2D eigenvalue weighted by Crippen LogP contribution is -2.27. The van der Waals surface area contributed by atoms with Gasteiger partial charge in [0.2, 0.25) is 5.91 Å². The SMILES string of the molecule is CCNC(=O)CC1CC(NCC)CC1C. The molecule has 2 N–H and O–H groups in total. The van der Waals surface area contributed by atoms with Gasteiger partial charge in [-0.2, -0.15) is 0 Å². The van der Waals surface area contributed by atoms with Gasteiger partial charge in [-0.1, -0.05) is 13.8 Å². The van der Waals surface area contributed by atoms with Crippen LogP contribution in [0.3, 0.4) is 0 Å². The average molecular weight is 212 g/mol. The van der Waals surface area contributed by atoms with Gasteiger partial charge in [0.25, 0.3) is 0 Å². The molecule has 88 valence electrons. The van der Waals surface area contributed by atoms with Crippen LogP contribution in [0.2, 0.25) is 0 Å². The highest BCUT2D eigenvalue weighted by atomic mass is 16.1. The maximum Gasteiger partial charge on any atom is 0.220 e. The zero-order valence-corrected chi connectivity index (χ0v) is 10.2. The minimum atomic E-state index is 0.214. The van der Waals surface area contributed by atoms with Crippen molar-refractivity contribution >= 4 is 5.91 Å². The maximum atomic E-state index is 11.5. The predicted octanol–water partition coefficient (Wildman–Crippen LogP) is 1.54. The number of carbonyl (C=O) groups is 1. The van der Waals surface area contributed by atoms with Gasteiger partial charge in [0.05, 0.1) is 0 Å². The summed E-state index contributed by atoms with van der Waals surface area (Å²) < 4.78 is 0. The summed E-state index contributed by atoms with van der Waals surface area (Å²) >= 11 is 0. The van der Waals surface area contributed by atoms with Crippen LogP contribution in [0, 0.1) is 11.8 Å². The van der Waals surface area contributed by atoms with Crippen LogP contribution in [0.4, 0.5) is 0 Å². The lowest BCUT2D eigenvalue weighted by molar-refractivity contribution is -0.122. The Balaban J connectivity index is 2.33. The topological polar surface area (TPSA) is 41.1 Å². The van der Waals surface area contributed by atoms with Gasteiger partial charge in [0.1, 0.15) is 0 Å². The first-order valence-corrected chi connectivity index (χ1v) is 6.17. The van der Waals surface area contributed by atoms with Crippen LogP contribution < -0.4 is 10.6 Å². The standard InChI is InChI=1S/C12H24N2O/c1-4-13-11-6-9(3)10(7-11)8-12(15)14-5-2/h9-11,13H,4-8H2,1-3H3,(H,14,15). The highest BCUT2D eigenvalue weighted by Crippen LogP contribution is 2.33. The normalized spacial score (nSPS) is 30.5. The second kappa shape index (κ2) is 6.11. The molecule has 0 radical (unpaired) electrons. The van der Waals surface area contributed by atoms with E-state index in [0.717, 1.165) is 19.5 Å². The van der Waals surface area contributed by atoms with E-state index in [1.807, 2.05) is 6.92 Å². The van der Waals surface area contributed by atoms with Crippen molar-refractivity contribution in [3.63, 3.8) is 0 Å². The monoisotopic (exact) mass is 212 g/mol. The summed E-state index contributed by atoms with van der Waals surface area (Å²) in [6.07, 6.45) is 3.08. The summed E-state index contributed by atoms with van der Waals surface area (Å²) in [5.74, 6) is 1.46. The van der Waals surface area contributed by atoms with Gasteiger partial charge in [-0.25, -0.2) is 0 Å². The minimum Gasteiger partial charge on any atom is -0.356 e. The van der Waals surface area contributed by atoms with Gasteiger partial charge in [0.15, 0.2) is 0 Å². The van der Waals surface area contributed by atoms with Crippen LogP contribution in [-0.2, 0) is 4.79 Å². The molecule has 0 heterocycles. The number of amides is 1. The van der Waals surface area contributed by atoms with Gasteiger partial charge >= 0.3 is 0 Å². The third-order valence-electron chi connectivity index (χ3n) is 3.36. The van der Waals surface area contributed by atoms with E-state index in [2.05, 4.69) is 24.5 Å². The molecule has 0 bridgehead atoms. The molecule has 3 nitrogen and oxygen atoms in total. The van der Waals surface area contributed by atoms with Gasteiger partial charge in [0, 0.05) is 19.0 Å². The molecule has 0 aromatic heterocycles. The smallest absolute Gasteiger partial charge is 0.220 e. The summed E-state index contributed by atoms with van der Waals surface area (Å²) in [6.45, 7) is 8.16. The molecule has 3 heteroatoms. The van der Waals surface area contributed by atoms with Gasteiger partial charge in [-0.3, -0.25) is 4.79 Å². The largest absolute Gasteiger partial charge is 0.356 e. The third kappa shape index (κ3) is 3.82. The molecular weight excluding hydrogens is 188 g/mol. The summed E-state index contributed by atoms with van der Waals surface area (Å²) in [4.78, 5) is 11.5. The van der Waals surface area contributed by atoms with E-state index in [1.165, 1.54) is 6.42 Å². The molecule has 1 aliphatic carbocycles. The lowest BCUT2D eigenvalue weighted by atomic mass is 9.94. The second-order valence-electron chi connectivity index (χ2n) is 4.62. The Labute approximate surface area is 93.0 Å². The fourth-order valence-corrected chi connectivity index (χ4v) is 2.58. The molecule has 3 unspecified atom stereocenters. The van der Waals surface area contributed by atoms with Gasteiger partial charge in [-0.05, 0) is 38.1 Å². The highest BCUT2D eigenvalue weighted by molar-refractivity contribution is 5.76.